The number of allylic oxidation sites excluding steroid dienone is 1. The SMILES string of the molecule is CC1C=CCN(CC(F)(F)F)C(=O)C1C. The molecule has 5 heteroatoms. The Kier molecular flexibility index (Phi) is 3.42. The van der Waals surface area contributed by atoms with E-state index in [9.17, 15) is 18.0 Å². The molecule has 0 fully saturated rings. The molecule has 15 heavy (non-hydrogen) atoms. The van der Waals surface area contributed by atoms with Gasteiger partial charge in [0.2, 0.25) is 5.91 Å². The molecule has 0 spiro atoms. The molecule has 2 nitrogen and oxygen atoms in total. The Morgan fingerprint density at radius 2 is 2.07 bits per heavy atom. The van der Waals surface area contributed by atoms with Gasteiger partial charge in [0.1, 0.15) is 6.54 Å². The molecular formula is C10H14F3NO. The lowest BCUT2D eigenvalue weighted by Gasteiger charge is -2.25. The molecule has 0 aromatic carbocycles. The summed E-state index contributed by atoms with van der Waals surface area (Å²) in [5.74, 6) is -0.813. The van der Waals surface area contributed by atoms with Crippen molar-refractivity contribution in [3.63, 3.8) is 0 Å². The lowest BCUT2D eigenvalue weighted by Crippen LogP contribution is -2.41. The normalized spacial score (nSPS) is 28.1. The van der Waals surface area contributed by atoms with Crippen LogP contribution in [0.25, 0.3) is 0 Å². The van der Waals surface area contributed by atoms with Crippen molar-refractivity contribution in [1.82, 2.24) is 4.90 Å². The van der Waals surface area contributed by atoms with Gasteiger partial charge >= 0.3 is 6.18 Å². The van der Waals surface area contributed by atoms with Crippen LogP contribution in [0.3, 0.4) is 0 Å². The topological polar surface area (TPSA) is 20.3 Å². The van der Waals surface area contributed by atoms with Crippen LogP contribution < -0.4 is 0 Å². The second-order valence-corrected chi connectivity index (χ2v) is 3.91. The third-order valence-electron chi connectivity index (χ3n) is 2.63. The second-order valence-electron chi connectivity index (χ2n) is 3.91. The summed E-state index contributed by atoms with van der Waals surface area (Å²) in [6.45, 7) is 2.38. The number of amides is 1. The van der Waals surface area contributed by atoms with E-state index in [2.05, 4.69) is 0 Å². The highest BCUT2D eigenvalue weighted by Crippen LogP contribution is 2.23. The molecule has 1 aliphatic heterocycles. The minimum absolute atomic E-state index is 0.00395. The van der Waals surface area contributed by atoms with Crippen molar-refractivity contribution >= 4 is 5.91 Å². The minimum atomic E-state index is -4.32. The largest absolute Gasteiger partial charge is 0.406 e. The summed E-state index contributed by atoms with van der Waals surface area (Å²) in [4.78, 5) is 12.5. The zero-order valence-electron chi connectivity index (χ0n) is 8.71. The van der Waals surface area contributed by atoms with Gasteiger partial charge in [-0.3, -0.25) is 4.79 Å². The third-order valence-corrected chi connectivity index (χ3v) is 2.63. The first-order valence-electron chi connectivity index (χ1n) is 4.83. The number of nitrogens with zero attached hydrogens (tertiary/aromatic N) is 1. The fourth-order valence-electron chi connectivity index (χ4n) is 1.53. The van der Waals surface area contributed by atoms with Crippen molar-refractivity contribution < 1.29 is 18.0 Å². The average molecular weight is 221 g/mol. The molecule has 0 bridgehead atoms. The van der Waals surface area contributed by atoms with Gasteiger partial charge in [0.15, 0.2) is 0 Å². The number of carbonyl (C=O) groups is 1. The highest BCUT2D eigenvalue weighted by molar-refractivity contribution is 5.79. The quantitative estimate of drug-likeness (QED) is 0.622. The number of halogens is 3. The lowest BCUT2D eigenvalue weighted by molar-refractivity contribution is -0.162. The first kappa shape index (κ1) is 12.1. The summed E-state index contributed by atoms with van der Waals surface area (Å²) < 4.78 is 36.5. The summed E-state index contributed by atoms with van der Waals surface area (Å²) in [6.07, 6.45) is -0.909. The van der Waals surface area contributed by atoms with Crippen LogP contribution in [-0.4, -0.2) is 30.1 Å². The summed E-state index contributed by atoms with van der Waals surface area (Å²) in [7, 11) is 0. The Balaban J connectivity index is 2.74. The van der Waals surface area contributed by atoms with Gasteiger partial charge in [0, 0.05) is 12.5 Å². The van der Waals surface area contributed by atoms with Crippen molar-refractivity contribution in [2.24, 2.45) is 11.8 Å². The van der Waals surface area contributed by atoms with Gasteiger partial charge in [-0.15, -0.1) is 0 Å². The van der Waals surface area contributed by atoms with Crippen LogP contribution in [0.1, 0.15) is 13.8 Å². The van der Waals surface area contributed by atoms with E-state index in [4.69, 9.17) is 0 Å². The molecule has 1 rings (SSSR count). The monoisotopic (exact) mass is 221 g/mol. The Morgan fingerprint density at radius 3 is 2.60 bits per heavy atom. The molecule has 0 N–H and O–H groups in total. The summed E-state index contributed by atoms with van der Waals surface area (Å²) in [5, 5.41) is 0. The number of carbonyl (C=O) groups excluding carboxylic acids is 1. The van der Waals surface area contributed by atoms with Crippen molar-refractivity contribution in [1.29, 1.82) is 0 Å². The first-order valence-corrected chi connectivity index (χ1v) is 4.83. The maximum atomic E-state index is 12.2. The second kappa shape index (κ2) is 4.24. The first-order chi connectivity index (χ1) is 6.81. The molecule has 2 unspecified atom stereocenters. The van der Waals surface area contributed by atoms with Crippen LogP contribution in [0.2, 0.25) is 0 Å². The van der Waals surface area contributed by atoms with Crippen LogP contribution in [-0.2, 0) is 4.79 Å². The number of hydrogen-bond acceptors (Lipinski definition) is 1. The standard InChI is InChI=1S/C10H14F3NO/c1-7-4-3-5-14(6-10(11,12)13)9(15)8(7)2/h3-4,7-8H,5-6H2,1-2H3. The summed E-state index contributed by atoms with van der Waals surface area (Å²) >= 11 is 0. The van der Waals surface area contributed by atoms with Gasteiger partial charge in [-0.05, 0) is 5.92 Å². The van der Waals surface area contributed by atoms with E-state index in [1.54, 1.807) is 19.1 Å². The molecule has 2 atom stereocenters. The maximum absolute atomic E-state index is 12.2. The van der Waals surface area contributed by atoms with E-state index >= 15 is 0 Å². The highest BCUT2D eigenvalue weighted by Gasteiger charge is 2.35. The van der Waals surface area contributed by atoms with Crippen molar-refractivity contribution in [2.75, 3.05) is 13.1 Å². The van der Waals surface area contributed by atoms with E-state index < -0.39 is 18.6 Å². The Labute approximate surface area is 86.7 Å². The van der Waals surface area contributed by atoms with Crippen LogP contribution >= 0.6 is 0 Å². The summed E-state index contributed by atoms with van der Waals surface area (Å²) in [6, 6.07) is 0. The molecule has 1 amide bonds. The fourth-order valence-corrected chi connectivity index (χ4v) is 1.53. The average Bonchev–Trinajstić information content (AvgIpc) is 2.19. The zero-order valence-corrected chi connectivity index (χ0v) is 8.71. The van der Waals surface area contributed by atoms with Crippen LogP contribution in [0, 0.1) is 11.8 Å². The van der Waals surface area contributed by atoms with E-state index in [-0.39, 0.29) is 18.4 Å². The van der Waals surface area contributed by atoms with Crippen LogP contribution in [0.4, 0.5) is 13.2 Å². The van der Waals surface area contributed by atoms with Gasteiger partial charge in [-0.25, -0.2) is 0 Å². The minimum Gasteiger partial charge on any atom is -0.330 e. The molecule has 1 aliphatic rings. The molecule has 0 aromatic heterocycles. The molecule has 1 heterocycles. The van der Waals surface area contributed by atoms with E-state index in [0.29, 0.717) is 0 Å². The predicted molar refractivity (Wildman–Crippen MR) is 50.1 cm³/mol. The number of rotatable bonds is 1. The van der Waals surface area contributed by atoms with Gasteiger partial charge in [-0.2, -0.15) is 13.2 Å². The molecule has 0 saturated heterocycles. The maximum Gasteiger partial charge on any atom is 0.406 e. The number of hydrogen-bond donors (Lipinski definition) is 0. The lowest BCUT2D eigenvalue weighted by atomic mass is 9.95. The van der Waals surface area contributed by atoms with E-state index in [1.165, 1.54) is 0 Å². The van der Waals surface area contributed by atoms with Gasteiger partial charge in [0.05, 0.1) is 0 Å². The van der Waals surface area contributed by atoms with E-state index in [1.807, 2.05) is 6.92 Å². The Morgan fingerprint density at radius 1 is 1.47 bits per heavy atom. The van der Waals surface area contributed by atoms with Crippen molar-refractivity contribution in [2.45, 2.75) is 20.0 Å². The molecule has 0 radical (unpaired) electrons. The predicted octanol–water partition coefficient (Wildman–Crippen LogP) is 2.22. The van der Waals surface area contributed by atoms with Gasteiger partial charge in [0.25, 0.3) is 0 Å². The molecule has 86 valence electrons. The third kappa shape index (κ3) is 3.25. The Bertz CT molecular complexity index is 272. The highest BCUT2D eigenvalue weighted by atomic mass is 19.4. The van der Waals surface area contributed by atoms with Crippen molar-refractivity contribution in [3.05, 3.63) is 12.2 Å². The van der Waals surface area contributed by atoms with Crippen molar-refractivity contribution in [3.8, 4) is 0 Å². The molecule has 0 aliphatic carbocycles. The molecule has 0 saturated carbocycles. The Hall–Kier alpha value is -1.00. The summed E-state index contributed by atoms with van der Waals surface area (Å²) in [5.41, 5.74) is 0. The zero-order chi connectivity index (χ0) is 11.6. The van der Waals surface area contributed by atoms with Gasteiger partial charge < -0.3 is 4.90 Å². The molecule has 0 aromatic rings. The smallest absolute Gasteiger partial charge is 0.330 e. The van der Waals surface area contributed by atoms with Crippen LogP contribution in [0.5, 0.6) is 0 Å². The fraction of sp³-hybridized carbons (Fsp3) is 0.700. The van der Waals surface area contributed by atoms with E-state index in [0.717, 1.165) is 4.90 Å². The van der Waals surface area contributed by atoms with Crippen LogP contribution in [0.15, 0.2) is 12.2 Å². The number of alkyl halides is 3. The van der Waals surface area contributed by atoms with Gasteiger partial charge in [-0.1, -0.05) is 26.0 Å². The molecular weight excluding hydrogens is 207 g/mol.